The molecule has 1 atom stereocenters. The molecule has 0 aromatic heterocycles. The van der Waals surface area contributed by atoms with Crippen LogP contribution in [-0.4, -0.2) is 44.1 Å². The molecule has 0 saturated heterocycles. The first-order valence-corrected chi connectivity index (χ1v) is 7.85. The van der Waals surface area contributed by atoms with E-state index in [1.165, 1.54) is 7.11 Å². The molecule has 0 fully saturated rings. The Labute approximate surface area is 138 Å². The summed E-state index contributed by atoms with van der Waals surface area (Å²) >= 11 is 0. The highest BCUT2D eigenvalue weighted by Crippen LogP contribution is 2.14. The number of carbonyl (C=O) groups is 2. The average Bonchev–Trinajstić information content (AvgIpc) is 2.53. The van der Waals surface area contributed by atoms with E-state index in [0.717, 1.165) is 11.3 Å². The number of carbonyl (C=O) groups excluding carboxylic acids is 2. The zero-order valence-corrected chi connectivity index (χ0v) is 14.7. The van der Waals surface area contributed by atoms with Crippen LogP contribution < -0.4 is 4.74 Å². The molecule has 1 aromatic carbocycles. The molecule has 0 N–H and O–H groups in total. The minimum absolute atomic E-state index is 0.0135. The summed E-state index contributed by atoms with van der Waals surface area (Å²) in [6.45, 7) is 6.88. The lowest BCUT2D eigenvalue weighted by molar-refractivity contribution is -0.146. The molecule has 5 nitrogen and oxygen atoms in total. The smallest absolute Gasteiger partial charge is 0.310 e. The van der Waals surface area contributed by atoms with Crippen molar-refractivity contribution in [2.45, 2.75) is 27.2 Å². The standard InChI is InChI=1S/C18H27NO4/c1-13(2)11-19(12-14(3)18(21)23-5)17(20)10-15-6-8-16(22-4)9-7-15/h6-9,13-14H,10-12H2,1-5H3. The summed E-state index contributed by atoms with van der Waals surface area (Å²) in [6.07, 6.45) is 0.310. The lowest BCUT2D eigenvalue weighted by atomic mass is 10.1. The molecule has 5 heteroatoms. The molecule has 0 aliphatic rings. The van der Waals surface area contributed by atoms with Crippen LogP contribution in [0.2, 0.25) is 0 Å². The minimum atomic E-state index is -0.335. The van der Waals surface area contributed by atoms with Gasteiger partial charge in [0.25, 0.3) is 0 Å². The fourth-order valence-electron chi connectivity index (χ4n) is 2.36. The summed E-state index contributed by atoms with van der Waals surface area (Å²) in [7, 11) is 2.98. The molecule has 1 unspecified atom stereocenters. The third-order valence-corrected chi connectivity index (χ3v) is 3.55. The van der Waals surface area contributed by atoms with Gasteiger partial charge >= 0.3 is 5.97 Å². The third-order valence-electron chi connectivity index (χ3n) is 3.55. The van der Waals surface area contributed by atoms with Crippen LogP contribution in [0.1, 0.15) is 26.3 Å². The van der Waals surface area contributed by atoms with Gasteiger partial charge in [0.15, 0.2) is 0 Å². The normalized spacial score (nSPS) is 11.9. The molecule has 0 bridgehead atoms. The summed E-state index contributed by atoms with van der Waals surface area (Å²) in [5.74, 6) is 0.480. The van der Waals surface area contributed by atoms with Gasteiger partial charge in [0, 0.05) is 13.1 Å². The van der Waals surface area contributed by atoms with Gasteiger partial charge in [-0.15, -0.1) is 0 Å². The van der Waals surface area contributed by atoms with Crippen molar-refractivity contribution < 1.29 is 19.1 Å². The van der Waals surface area contributed by atoms with Crippen LogP contribution in [0.3, 0.4) is 0 Å². The Bertz CT molecular complexity index is 510. The molecule has 1 rings (SSSR count). The number of hydrogen-bond donors (Lipinski definition) is 0. The molecule has 0 radical (unpaired) electrons. The molecule has 0 aliphatic heterocycles. The quantitative estimate of drug-likeness (QED) is 0.691. The minimum Gasteiger partial charge on any atom is -0.497 e. The van der Waals surface area contributed by atoms with Crippen LogP contribution >= 0.6 is 0 Å². The van der Waals surface area contributed by atoms with Gasteiger partial charge in [0.05, 0.1) is 26.6 Å². The second-order valence-electron chi connectivity index (χ2n) is 6.14. The highest BCUT2D eigenvalue weighted by Gasteiger charge is 2.22. The van der Waals surface area contributed by atoms with Gasteiger partial charge in [0.1, 0.15) is 5.75 Å². The van der Waals surface area contributed by atoms with Crippen molar-refractivity contribution in [2.75, 3.05) is 27.3 Å². The number of esters is 1. The molecular weight excluding hydrogens is 294 g/mol. The summed E-state index contributed by atoms with van der Waals surface area (Å²) < 4.78 is 9.87. The fraction of sp³-hybridized carbons (Fsp3) is 0.556. The van der Waals surface area contributed by atoms with Crippen molar-refractivity contribution in [3.63, 3.8) is 0 Å². The highest BCUT2D eigenvalue weighted by molar-refractivity contribution is 5.80. The third kappa shape index (κ3) is 6.30. The van der Waals surface area contributed by atoms with Crippen molar-refractivity contribution in [2.24, 2.45) is 11.8 Å². The van der Waals surface area contributed by atoms with Crippen LogP contribution in [0.15, 0.2) is 24.3 Å². The number of rotatable bonds is 8. The molecule has 0 heterocycles. The maximum Gasteiger partial charge on any atom is 0.310 e. The van der Waals surface area contributed by atoms with E-state index in [1.807, 2.05) is 24.3 Å². The van der Waals surface area contributed by atoms with Crippen molar-refractivity contribution in [1.29, 1.82) is 0 Å². The molecule has 128 valence electrons. The fourth-order valence-corrected chi connectivity index (χ4v) is 2.36. The first-order chi connectivity index (χ1) is 10.9. The number of amides is 1. The van der Waals surface area contributed by atoms with Gasteiger partial charge in [-0.05, 0) is 23.6 Å². The average molecular weight is 321 g/mol. The van der Waals surface area contributed by atoms with Gasteiger partial charge in [-0.1, -0.05) is 32.9 Å². The number of benzene rings is 1. The Morgan fingerprint density at radius 1 is 1.04 bits per heavy atom. The van der Waals surface area contributed by atoms with Gasteiger partial charge in [0.2, 0.25) is 5.91 Å². The number of methoxy groups -OCH3 is 2. The molecule has 1 amide bonds. The van der Waals surface area contributed by atoms with Gasteiger partial charge in [-0.3, -0.25) is 9.59 Å². The number of hydrogen-bond acceptors (Lipinski definition) is 4. The van der Waals surface area contributed by atoms with Gasteiger partial charge < -0.3 is 14.4 Å². The van der Waals surface area contributed by atoms with Crippen molar-refractivity contribution in [3.05, 3.63) is 29.8 Å². The molecule has 0 spiro atoms. The Morgan fingerprint density at radius 3 is 2.13 bits per heavy atom. The maximum absolute atomic E-state index is 12.6. The van der Waals surface area contributed by atoms with Crippen LogP contribution in [0.25, 0.3) is 0 Å². The maximum atomic E-state index is 12.6. The molecule has 0 saturated carbocycles. The summed E-state index contributed by atoms with van der Waals surface area (Å²) in [4.78, 5) is 25.9. The zero-order chi connectivity index (χ0) is 17.4. The van der Waals surface area contributed by atoms with E-state index in [-0.39, 0.29) is 17.8 Å². The number of nitrogens with zero attached hydrogens (tertiary/aromatic N) is 1. The van der Waals surface area contributed by atoms with E-state index in [1.54, 1.807) is 18.9 Å². The Balaban J connectivity index is 2.75. The topological polar surface area (TPSA) is 55.8 Å². The van der Waals surface area contributed by atoms with Crippen molar-refractivity contribution in [1.82, 2.24) is 4.90 Å². The second-order valence-corrected chi connectivity index (χ2v) is 6.14. The van der Waals surface area contributed by atoms with Gasteiger partial charge in [-0.2, -0.15) is 0 Å². The van der Waals surface area contributed by atoms with Crippen LogP contribution in [0.5, 0.6) is 5.75 Å². The van der Waals surface area contributed by atoms with Gasteiger partial charge in [-0.25, -0.2) is 0 Å². The van der Waals surface area contributed by atoms with Crippen LogP contribution in [0.4, 0.5) is 0 Å². The zero-order valence-electron chi connectivity index (χ0n) is 14.7. The first-order valence-electron chi connectivity index (χ1n) is 7.85. The van der Waals surface area contributed by atoms with E-state index in [9.17, 15) is 9.59 Å². The molecular formula is C18H27NO4. The van der Waals surface area contributed by atoms with Crippen LogP contribution in [0, 0.1) is 11.8 Å². The summed E-state index contributed by atoms with van der Waals surface area (Å²) in [6, 6.07) is 7.45. The van der Waals surface area contributed by atoms with Crippen molar-refractivity contribution in [3.8, 4) is 5.75 Å². The SMILES string of the molecule is COC(=O)C(C)CN(CC(C)C)C(=O)Cc1ccc(OC)cc1. The Hall–Kier alpha value is -2.04. The second kappa shape index (κ2) is 9.18. The lowest BCUT2D eigenvalue weighted by Crippen LogP contribution is -2.40. The van der Waals surface area contributed by atoms with E-state index in [4.69, 9.17) is 9.47 Å². The summed E-state index contributed by atoms with van der Waals surface area (Å²) in [5, 5.41) is 0. The Morgan fingerprint density at radius 2 is 1.65 bits per heavy atom. The molecule has 23 heavy (non-hydrogen) atoms. The Kier molecular flexibility index (Phi) is 7.59. The van der Waals surface area contributed by atoms with E-state index < -0.39 is 0 Å². The van der Waals surface area contributed by atoms with E-state index in [0.29, 0.717) is 25.4 Å². The first kappa shape index (κ1) is 19.0. The molecule has 1 aromatic rings. The lowest BCUT2D eigenvalue weighted by Gasteiger charge is -2.27. The number of ether oxygens (including phenoxy) is 2. The van der Waals surface area contributed by atoms with Crippen molar-refractivity contribution >= 4 is 11.9 Å². The predicted molar refractivity (Wildman–Crippen MR) is 89.3 cm³/mol. The molecule has 0 aliphatic carbocycles. The van der Waals surface area contributed by atoms with Crippen LogP contribution in [-0.2, 0) is 20.7 Å². The van der Waals surface area contributed by atoms with E-state index >= 15 is 0 Å². The predicted octanol–water partition coefficient (Wildman–Crippen LogP) is 2.53. The summed E-state index contributed by atoms with van der Waals surface area (Å²) in [5.41, 5.74) is 0.926. The largest absolute Gasteiger partial charge is 0.497 e. The highest BCUT2D eigenvalue weighted by atomic mass is 16.5. The monoisotopic (exact) mass is 321 g/mol. The van der Waals surface area contributed by atoms with E-state index in [2.05, 4.69) is 13.8 Å².